The molecule has 7 heteroatoms. The van der Waals surface area contributed by atoms with Crippen LogP contribution in [0.15, 0.2) is 66.7 Å². The van der Waals surface area contributed by atoms with Gasteiger partial charge in [0.1, 0.15) is 5.75 Å². The molecule has 0 aliphatic rings. The zero-order valence-electron chi connectivity index (χ0n) is 13.3. The summed E-state index contributed by atoms with van der Waals surface area (Å²) in [7, 11) is 0. The van der Waals surface area contributed by atoms with Crippen molar-refractivity contribution in [3.63, 3.8) is 0 Å². The molecule has 0 bridgehead atoms. The Hall–Kier alpha value is -2.40. The highest BCUT2D eigenvalue weighted by Gasteiger charge is 2.11. The van der Waals surface area contributed by atoms with Gasteiger partial charge in [-0.2, -0.15) is 0 Å². The van der Waals surface area contributed by atoms with Gasteiger partial charge in [-0.25, -0.2) is 4.79 Å². The van der Waals surface area contributed by atoms with Crippen LogP contribution in [0.5, 0.6) is 11.5 Å². The van der Waals surface area contributed by atoms with Crippen LogP contribution in [0.4, 0.5) is 16.2 Å². The van der Waals surface area contributed by atoms with Crippen LogP contribution in [0.2, 0.25) is 15.1 Å². The number of ether oxygens (including phenoxy) is 1. The number of benzene rings is 3. The number of amides is 2. The van der Waals surface area contributed by atoms with Crippen molar-refractivity contribution in [2.24, 2.45) is 0 Å². The number of carbonyl (C=O) groups excluding carboxylic acids is 1. The summed E-state index contributed by atoms with van der Waals surface area (Å²) in [5.74, 6) is 1.03. The van der Waals surface area contributed by atoms with Crippen LogP contribution in [0.1, 0.15) is 0 Å². The Bertz CT molecular complexity index is 933. The van der Waals surface area contributed by atoms with Crippen LogP contribution in [-0.4, -0.2) is 6.03 Å². The smallest absolute Gasteiger partial charge is 0.323 e. The predicted octanol–water partition coefficient (Wildman–Crippen LogP) is 7.08. The predicted molar refractivity (Wildman–Crippen MR) is 107 cm³/mol. The summed E-state index contributed by atoms with van der Waals surface area (Å²) < 4.78 is 5.81. The molecule has 0 atom stereocenters. The number of urea groups is 1. The number of hydrogen-bond acceptors (Lipinski definition) is 2. The third kappa shape index (κ3) is 4.82. The van der Waals surface area contributed by atoms with Gasteiger partial charge < -0.3 is 15.4 Å². The van der Waals surface area contributed by atoms with Crippen LogP contribution >= 0.6 is 34.8 Å². The fraction of sp³-hybridized carbons (Fsp3) is 0. The number of nitrogens with one attached hydrogen (secondary N) is 2. The van der Waals surface area contributed by atoms with Gasteiger partial charge in [-0.1, -0.05) is 53.0 Å². The van der Waals surface area contributed by atoms with Gasteiger partial charge in [0.25, 0.3) is 0 Å². The van der Waals surface area contributed by atoms with Crippen molar-refractivity contribution >= 4 is 52.2 Å². The lowest BCUT2D eigenvalue weighted by Crippen LogP contribution is -2.20. The third-order valence-electron chi connectivity index (χ3n) is 3.34. The number of rotatable bonds is 4. The number of anilines is 2. The fourth-order valence-corrected chi connectivity index (χ4v) is 2.67. The van der Waals surface area contributed by atoms with Gasteiger partial charge in [0.15, 0.2) is 5.75 Å². The first-order chi connectivity index (χ1) is 12.5. The molecule has 3 aromatic rings. The Morgan fingerprint density at radius 1 is 0.769 bits per heavy atom. The van der Waals surface area contributed by atoms with E-state index in [-0.39, 0.29) is 0 Å². The molecule has 132 valence electrons. The van der Waals surface area contributed by atoms with Crippen LogP contribution in [-0.2, 0) is 0 Å². The maximum Gasteiger partial charge on any atom is 0.323 e. The summed E-state index contributed by atoms with van der Waals surface area (Å²) in [5.41, 5.74) is 0.852. The summed E-state index contributed by atoms with van der Waals surface area (Å²) in [6.45, 7) is 0. The molecule has 0 radical (unpaired) electrons. The zero-order chi connectivity index (χ0) is 18.5. The first-order valence-corrected chi connectivity index (χ1v) is 8.70. The van der Waals surface area contributed by atoms with Crippen LogP contribution in [0.25, 0.3) is 0 Å². The van der Waals surface area contributed by atoms with E-state index < -0.39 is 6.03 Å². The van der Waals surface area contributed by atoms with Gasteiger partial charge in [0.05, 0.1) is 16.4 Å². The lowest BCUT2D eigenvalue weighted by molar-refractivity contribution is 0.262. The minimum Gasteiger partial charge on any atom is -0.455 e. The van der Waals surface area contributed by atoms with E-state index in [2.05, 4.69) is 10.6 Å². The molecule has 0 heterocycles. The highest BCUT2D eigenvalue weighted by Crippen LogP contribution is 2.32. The minimum absolute atomic E-state index is 0.376. The maximum atomic E-state index is 12.3. The van der Waals surface area contributed by atoms with Crippen molar-refractivity contribution in [2.75, 3.05) is 10.6 Å². The van der Waals surface area contributed by atoms with E-state index in [1.807, 2.05) is 18.2 Å². The molecule has 0 aromatic heterocycles. The van der Waals surface area contributed by atoms with Gasteiger partial charge >= 0.3 is 6.03 Å². The van der Waals surface area contributed by atoms with Gasteiger partial charge in [-0.05, 0) is 42.5 Å². The van der Waals surface area contributed by atoms with Crippen molar-refractivity contribution in [3.05, 3.63) is 81.8 Å². The topological polar surface area (TPSA) is 50.4 Å². The SMILES string of the molecule is O=C(Nc1cc(Cl)ccc1Cl)Nc1ccc(Cl)cc1Oc1ccccc1. The van der Waals surface area contributed by atoms with E-state index >= 15 is 0 Å². The molecular formula is C19H13Cl3N2O2. The van der Waals surface area contributed by atoms with Crippen LogP contribution < -0.4 is 15.4 Å². The molecule has 0 fully saturated rings. The highest BCUT2D eigenvalue weighted by molar-refractivity contribution is 6.35. The first kappa shape index (κ1) is 18.4. The maximum absolute atomic E-state index is 12.3. The summed E-state index contributed by atoms with van der Waals surface area (Å²) in [6.07, 6.45) is 0. The minimum atomic E-state index is -0.491. The quantitative estimate of drug-likeness (QED) is 0.485. The van der Waals surface area contributed by atoms with Crippen molar-refractivity contribution in [1.82, 2.24) is 0 Å². The molecule has 2 N–H and O–H groups in total. The Labute approximate surface area is 165 Å². The largest absolute Gasteiger partial charge is 0.455 e. The Morgan fingerprint density at radius 3 is 2.19 bits per heavy atom. The molecular weight excluding hydrogens is 395 g/mol. The zero-order valence-corrected chi connectivity index (χ0v) is 15.6. The molecule has 0 saturated heterocycles. The lowest BCUT2D eigenvalue weighted by Gasteiger charge is -2.14. The first-order valence-electron chi connectivity index (χ1n) is 7.57. The molecule has 0 unspecified atom stereocenters. The molecule has 0 saturated carbocycles. The summed E-state index contributed by atoms with van der Waals surface area (Å²) >= 11 is 18.0. The Morgan fingerprint density at radius 2 is 1.42 bits per heavy atom. The van der Waals surface area contributed by atoms with Crippen LogP contribution in [0, 0.1) is 0 Å². The van der Waals surface area contributed by atoms with Crippen molar-refractivity contribution in [1.29, 1.82) is 0 Å². The normalized spacial score (nSPS) is 10.3. The molecule has 4 nitrogen and oxygen atoms in total. The van der Waals surface area contributed by atoms with E-state index in [4.69, 9.17) is 39.5 Å². The van der Waals surface area contributed by atoms with Gasteiger partial charge in [0, 0.05) is 16.1 Å². The van der Waals surface area contributed by atoms with E-state index in [1.165, 1.54) is 0 Å². The second kappa shape index (κ2) is 8.32. The highest BCUT2D eigenvalue weighted by atomic mass is 35.5. The molecule has 2 amide bonds. The number of hydrogen-bond donors (Lipinski definition) is 2. The second-order valence-corrected chi connectivity index (χ2v) is 6.54. The number of para-hydroxylation sites is 1. The standard InChI is InChI=1S/C19H13Cl3N2O2/c20-12-6-8-15(22)17(10-12)24-19(25)23-16-9-7-13(21)11-18(16)26-14-4-2-1-3-5-14/h1-11H,(H2,23,24,25). The van der Waals surface area contributed by atoms with Gasteiger partial charge in [0.2, 0.25) is 0 Å². The van der Waals surface area contributed by atoms with E-state index in [9.17, 15) is 4.79 Å². The third-order valence-corrected chi connectivity index (χ3v) is 4.14. The average Bonchev–Trinajstić information content (AvgIpc) is 2.61. The van der Waals surface area contributed by atoms with E-state index in [1.54, 1.807) is 48.5 Å². The molecule has 3 aromatic carbocycles. The molecule has 0 spiro atoms. The Kier molecular flexibility index (Phi) is 5.89. The second-order valence-electron chi connectivity index (χ2n) is 5.26. The summed E-state index contributed by atoms with van der Waals surface area (Å²) in [5, 5.41) is 6.69. The van der Waals surface area contributed by atoms with Crippen LogP contribution in [0.3, 0.4) is 0 Å². The van der Waals surface area contributed by atoms with Crippen molar-refractivity contribution < 1.29 is 9.53 Å². The lowest BCUT2D eigenvalue weighted by atomic mass is 10.3. The number of carbonyl (C=O) groups is 1. The van der Waals surface area contributed by atoms with E-state index in [0.29, 0.717) is 37.9 Å². The fourth-order valence-electron chi connectivity index (χ4n) is 2.17. The molecule has 0 aliphatic heterocycles. The van der Waals surface area contributed by atoms with Crippen molar-refractivity contribution in [3.8, 4) is 11.5 Å². The van der Waals surface area contributed by atoms with Gasteiger partial charge in [-0.15, -0.1) is 0 Å². The molecule has 3 rings (SSSR count). The van der Waals surface area contributed by atoms with E-state index in [0.717, 1.165) is 0 Å². The Balaban J connectivity index is 1.78. The number of halogens is 3. The summed E-state index contributed by atoms with van der Waals surface area (Å²) in [4.78, 5) is 12.3. The van der Waals surface area contributed by atoms with Crippen molar-refractivity contribution in [2.45, 2.75) is 0 Å². The monoisotopic (exact) mass is 406 g/mol. The average molecular weight is 408 g/mol. The van der Waals surface area contributed by atoms with Gasteiger partial charge in [-0.3, -0.25) is 0 Å². The summed E-state index contributed by atoms with van der Waals surface area (Å²) in [6, 6.07) is 18.4. The molecule has 0 aliphatic carbocycles. The molecule has 26 heavy (non-hydrogen) atoms.